The molecule has 0 unspecified atom stereocenters. The molecule has 4 rings (SSSR count). The molecule has 3 aromatic carbocycles. The number of amides is 1. The first-order valence-corrected chi connectivity index (χ1v) is 9.32. The summed E-state index contributed by atoms with van der Waals surface area (Å²) in [4.78, 5) is 23.8. The Bertz CT molecular complexity index is 1120. The van der Waals surface area contributed by atoms with Gasteiger partial charge in [-0.15, -0.1) is 0 Å². The van der Waals surface area contributed by atoms with Gasteiger partial charge in [0.15, 0.2) is 6.61 Å². The number of para-hydroxylation sites is 1. The van der Waals surface area contributed by atoms with Gasteiger partial charge in [-0.05, 0) is 35.9 Å². The topological polar surface area (TPSA) is 79.2 Å². The minimum Gasteiger partial charge on any atom is -0.482 e. The van der Waals surface area contributed by atoms with E-state index in [4.69, 9.17) is 9.84 Å². The molecule has 0 saturated carbocycles. The molecule has 0 bridgehead atoms. The number of hydrogen-bond donors (Lipinski definition) is 1. The highest BCUT2D eigenvalue weighted by Gasteiger charge is 2.31. The number of anilines is 1. The minimum atomic E-state index is -1.04. The molecule has 0 fully saturated rings. The molecule has 0 spiro atoms. The van der Waals surface area contributed by atoms with Crippen LogP contribution in [0.4, 0.5) is 5.69 Å². The molecule has 1 amide bonds. The molecule has 1 N–H and O–H groups in total. The molecule has 0 aliphatic carbocycles. The van der Waals surface area contributed by atoms with Crippen molar-refractivity contribution >= 4 is 29.4 Å². The van der Waals surface area contributed by atoms with Gasteiger partial charge in [-0.2, -0.15) is 10.1 Å². The van der Waals surface area contributed by atoms with Gasteiger partial charge in [-0.1, -0.05) is 60.7 Å². The summed E-state index contributed by atoms with van der Waals surface area (Å²) < 4.78 is 5.16. The first-order valence-electron chi connectivity index (χ1n) is 9.32. The number of carboxylic acids is 1. The van der Waals surface area contributed by atoms with Crippen LogP contribution in [0.15, 0.2) is 95.6 Å². The normalized spacial score (nSPS) is 14.7. The number of ether oxygens (including phenoxy) is 1. The van der Waals surface area contributed by atoms with Crippen LogP contribution < -0.4 is 9.75 Å². The van der Waals surface area contributed by atoms with E-state index < -0.39 is 12.6 Å². The van der Waals surface area contributed by atoms with Crippen LogP contribution in [0.1, 0.15) is 11.1 Å². The van der Waals surface area contributed by atoms with E-state index in [-0.39, 0.29) is 5.91 Å². The summed E-state index contributed by atoms with van der Waals surface area (Å²) in [6, 6.07) is 25.7. The number of aliphatic carboxylic acids is 1. The summed E-state index contributed by atoms with van der Waals surface area (Å²) in [5.74, 6) is -0.811. The number of hydrogen-bond acceptors (Lipinski definition) is 4. The van der Waals surface area contributed by atoms with E-state index >= 15 is 0 Å². The smallest absolute Gasteiger partial charge is 0.341 e. The number of carbonyl (C=O) groups is 2. The fourth-order valence-electron chi connectivity index (χ4n) is 3.07. The van der Waals surface area contributed by atoms with Gasteiger partial charge in [0.05, 0.1) is 11.3 Å². The van der Waals surface area contributed by atoms with Crippen molar-refractivity contribution in [1.82, 2.24) is 0 Å². The Kier molecular flexibility index (Phi) is 5.39. The quantitative estimate of drug-likeness (QED) is 0.637. The Labute approximate surface area is 173 Å². The minimum absolute atomic E-state index is 0.216. The van der Waals surface area contributed by atoms with Gasteiger partial charge < -0.3 is 9.84 Å². The molecule has 0 aromatic heterocycles. The van der Waals surface area contributed by atoms with Crippen molar-refractivity contribution in [1.29, 1.82) is 0 Å². The molecular formula is C24H18N2O4. The maximum Gasteiger partial charge on any atom is 0.341 e. The Hall–Kier alpha value is -4.19. The number of carbonyl (C=O) groups excluding carboxylic acids is 1. The molecule has 6 nitrogen and oxygen atoms in total. The highest BCUT2D eigenvalue weighted by molar-refractivity contribution is 6.37. The third kappa shape index (κ3) is 4.12. The maximum atomic E-state index is 13.2. The van der Waals surface area contributed by atoms with E-state index in [1.165, 1.54) is 5.01 Å². The summed E-state index contributed by atoms with van der Waals surface area (Å²) in [5, 5.41) is 14.7. The van der Waals surface area contributed by atoms with Crippen molar-refractivity contribution in [2.45, 2.75) is 0 Å². The van der Waals surface area contributed by atoms with Crippen molar-refractivity contribution in [3.05, 3.63) is 102 Å². The molecule has 1 aliphatic heterocycles. The van der Waals surface area contributed by atoms with Crippen LogP contribution in [0.2, 0.25) is 0 Å². The molecule has 0 saturated heterocycles. The lowest BCUT2D eigenvalue weighted by Crippen LogP contribution is -2.21. The summed E-state index contributed by atoms with van der Waals surface area (Å²) >= 11 is 0. The predicted octanol–water partition coefficient (Wildman–Crippen LogP) is 3.98. The highest BCUT2D eigenvalue weighted by Crippen LogP contribution is 2.28. The number of nitrogens with zero attached hydrogens (tertiary/aromatic N) is 2. The van der Waals surface area contributed by atoms with E-state index in [0.29, 0.717) is 22.7 Å². The first-order chi connectivity index (χ1) is 14.6. The third-order valence-corrected chi connectivity index (χ3v) is 4.48. The SMILES string of the molecule is O=C(O)COc1ccc(/C=C2\C(=O)N(c3ccccc3)N=C2c2ccccc2)cc1. The number of benzene rings is 3. The average molecular weight is 398 g/mol. The lowest BCUT2D eigenvalue weighted by Gasteiger charge is -2.10. The van der Waals surface area contributed by atoms with E-state index in [0.717, 1.165) is 11.1 Å². The Morgan fingerprint density at radius 2 is 1.57 bits per heavy atom. The molecule has 3 aromatic rings. The zero-order chi connectivity index (χ0) is 20.9. The van der Waals surface area contributed by atoms with Crippen LogP contribution in [-0.2, 0) is 9.59 Å². The van der Waals surface area contributed by atoms with Crippen LogP contribution in [0.25, 0.3) is 6.08 Å². The van der Waals surface area contributed by atoms with Crippen LogP contribution in [-0.4, -0.2) is 29.3 Å². The Morgan fingerprint density at radius 3 is 2.20 bits per heavy atom. The van der Waals surface area contributed by atoms with Gasteiger partial charge >= 0.3 is 5.97 Å². The average Bonchev–Trinajstić information content (AvgIpc) is 3.10. The predicted molar refractivity (Wildman–Crippen MR) is 114 cm³/mol. The number of carboxylic acid groups (broad SMARTS) is 1. The molecule has 0 radical (unpaired) electrons. The molecule has 148 valence electrons. The van der Waals surface area contributed by atoms with Gasteiger partial charge in [0.2, 0.25) is 0 Å². The standard InChI is InChI=1S/C24H18N2O4/c27-22(28)16-30-20-13-11-17(12-14-20)15-21-23(18-7-3-1-4-8-18)25-26(24(21)29)19-9-5-2-6-10-19/h1-15H,16H2,(H,27,28)/b21-15-. The number of rotatable bonds is 6. The van der Waals surface area contributed by atoms with E-state index in [9.17, 15) is 9.59 Å². The van der Waals surface area contributed by atoms with E-state index in [1.807, 2.05) is 60.7 Å². The zero-order valence-corrected chi connectivity index (χ0v) is 15.9. The summed E-state index contributed by atoms with van der Waals surface area (Å²) in [7, 11) is 0. The van der Waals surface area contributed by atoms with Gasteiger partial charge in [0.25, 0.3) is 5.91 Å². The van der Waals surface area contributed by atoms with Crippen LogP contribution in [0, 0.1) is 0 Å². The largest absolute Gasteiger partial charge is 0.482 e. The lowest BCUT2D eigenvalue weighted by molar-refractivity contribution is -0.139. The zero-order valence-electron chi connectivity index (χ0n) is 15.9. The highest BCUT2D eigenvalue weighted by atomic mass is 16.5. The number of hydrazone groups is 1. The molecule has 1 heterocycles. The van der Waals surface area contributed by atoms with Gasteiger partial charge in [-0.3, -0.25) is 4.79 Å². The molecule has 6 heteroatoms. The molecular weight excluding hydrogens is 380 g/mol. The van der Waals surface area contributed by atoms with Crippen molar-refractivity contribution in [2.24, 2.45) is 5.10 Å². The van der Waals surface area contributed by atoms with Crippen LogP contribution in [0.5, 0.6) is 5.75 Å². The maximum absolute atomic E-state index is 13.2. The Balaban J connectivity index is 1.69. The second-order valence-electron chi connectivity index (χ2n) is 6.58. The second-order valence-corrected chi connectivity index (χ2v) is 6.58. The van der Waals surface area contributed by atoms with Crippen molar-refractivity contribution in [2.75, 3.05) is 11.6 Å². The summed E-state index contributed by atoms with van der Waals surface area (Å²) in [6.07, 6.45) is 1.78. The van der Waals surface area contributed by atoms with E-state index in [1.54, 1.807) is 30.3 Å². The molecule has 30 heavy (non-hydrogen) atoms. The van der Waals surface area contributed by atoms with Crippen molar-refractivity contribution in [3.63, 3.8) is 0 Å². The van der Waals surface area contributed by atoms with Gasteiger partial charge in [-0.25, -0.2) is 4.79 Å². The Morgan fingerprint density at radius 1 is 0.933 bits per heavy atom. The summed E-state index contributed by atoms with van der Waals surface area (Å²) in [6.45, 7) is -0.407. The van der Waals surface area contributed by atoms with Crippen molar-refractivity contribution < 1.29 is 19.4 Å². The summed E-state index contributed by atoms with van der Waals surface area (Å²) in [5.41, 5.74) is 3.38. The van der Waals surface area contributed by atoms with E-state index in [2.05, 4.69) is 5.10 Å². The molecule has 0 atom stereocenters. The lowest BCUT2D eigenvalue weighted by atomic mass is 10.0. The fourth-order valence-corrected chi connectivity index (χ4v) is 3.07. The molecule has 1 aliphatic rings. The van der Waals surface area contributed by atoms with Crippen molar-refractivity contribution in [3.8, 4) is 5.75 Å². The van der Waals surface area contributed by atoms with Gasteiger partial charge in [0.1, 0.15) is 11.5 Å². The first kappa shape index (κ1) is 19.1. The monoisotopic (exact) mass is 398 g/mol. The van der Waals surface area contributed by atoms with Crippen LogP contribution >= 0.6 is 0 Å². The van der Waals surface area contributed by atoms with Gasteiger partial charge in [0, 0.05) is 5.56 Å². The third-order valence-electron chi connectivity index (χ3n) is 4.48. The van der Waals surface area contributed by atoms with Crippen LogP contribution in [0.3, 0.4) is 0 Å². The fraction of sp³-hybridized carbons (Fsp3) is 0.0417. The second kappa shape index (κ2) is 8.45.